The first-order valence-corrected chi connectivity index (χ1v) is 12.3. The molecule has 0 radical (unpaired) electrons. The van der Waals surface area contributed by atoms with Crippen LogP contribution in [0.4, 0.5) is 15.8 Å². The first-order chi connectivity index (χ1) is 15.2. The Morgan fingerprint density at radius 2 is 1.29 bits per heavy atom. The topological polar surface area (TPSA) is 29.1 Å². The first kappa shape index (κ1) is 25.1. The van der Waals surface area contributed by atoms with Crippen LogP contribution in [0.2, 0.25) is 0 Å². The number of unbranched alkanes of at least 4 members (excludes halogenated alkanes) is 11. The molecular weight excluding hydrogens is 385 g/mol. The molecule has 0 aliphatic carbocycles. The van der Waals surface area contributed by atoms with E-state index in [1.54, 1.807) is 6.07 Å². The third kappa shape index (κ3) is 10.6. The molecule has 0 fully saturated rings. The molecule has 0 bridgehead atoms. The highest BCUT2D eigenvalue weighted by Crippen LogP contribution is 2.22. The van der Waals surface area contributed by atoms with E-state index in [0.29, 0.717) is 0 Å². The van der Waals surface area contributed by atoms with Gasteiger partial charge in [0.2, 0.25) is 0 Å². The predicted octanol–water partition coefficient (Wildman–Crippen LogP) is 8.55. The van der Waals surface area contributed by atoms with Crippen molar-refractivity contribution in [2.75, 3.05) is 5.32 Å². The maximum Gasteiger partial charge on any atom is 0.126 e. The van der Waals surface area contributed by atoms with Crippen LogP contribution in [-0.4, -0.2) is 6.29 Å². The Labute approximate surface area is 188 Å². The van der Waals surface area contributed by atoms with Gasteiger partial charge >= 0.3 is 0 Å². The molecule has 0 amide bonds. The number of rotatable bonds is 17. The fourth-order valence-corrected chi connectivity index (χ4v) is 3.97. The van der Waals surface area contributed by atoms with Gasteiger partial charge in [0.25, 0.3) is 0 Å². The Kier molecular flexibility index (Phi) is 12.6. The smallest absolute Gasteiger partial charge is 0.126 e. The van der Waals surface area contributed by atoms with E-state index in [-0.39, 0.29) is 5.82 Å². The van der Waals surface area contributed by atoms with E-state index in [9.17, 15) is 9.18 Å². The first-order valence-electron chi connectivity index (χ1n) is 12.3. The summed E-state index contributed by atoms with van der Waals surface area (Å²) in [7, 11) is 0. The molecule has 2 nitrogen and oxygen atoms in total. The molecule has 0 atom stereocenters. The van der Waals surface area contributed by atoms with Gasteiger partial charge in [-0.3, -0.25) is 0 Å². The van der Waals surface area contributed by atoms with Crippen molar-refractivity contribution in [3.8, 4) is 0 Å². The molecule has 1 N–H and O–H groups in total. The lowest BCUT2D eigenvalue weighted by atomic mass is 10.0. The number of benzene rings is 2. The molecule has 0 saturated carbocycles. The summed E-state index contributed by atoms with van der Waals surface area (Å²) in [5.74, 6) is -0.0972. The van der Waals surface area contributed by atoms with Gasteiger partial charge in [-0.25, -0.2) is 4.39 Å². The fraction of sp³-hybridized carbons (Fsp3) is 0.536. The van der Waals surface area contributed by atoms with E-state index >= 15 is 0 Å². The predicted molar refractivity (Wildman–Crippen MR) is 131 cm³/mol. The van der Waals surface area contributed by atoms with Crippen LogP contribution in [0.3, 0.4) is 0 Å². The molecule has 2 aromatic rings. The van der Waals surface area contributed by atoms with Crippen LogP contribution in [0.15, 0.2) is 42.5 Å². The van der Waals surface area contributed by atoms with Crippen molar-refractivity contribution in [3.05, 3.63) is 59.4 Å². The summed E-state index contributed by atoms with van der Waals surface area (Å²) in [6.07, 6.45) is 17.0. The summed E-state index contributed by atoms with van der Waals surface area (Å²) >= 11 is 0. The highest BCUT2D eigenvalue weighted by atomic mass is 19.1. The second-order valence-corrected chi connectivity index (χ2v) is 8.58. The van der Waals surface area contributed by atoms with Gasteiger partial charge in [-0.1, -0.05) is 76.8 Å². The lowest BCUT2D eigenvalue weighted by Crippen LogP contribution is -1.96. The maximum atomic E-state index is 14.2. The zero-order valence-corrected chi connectivity index (χ0v) is 19.3. The maximum absolute atomic E-state index is 14.2. The SMILES string of the molecule is CCc1ccc(Nc2ccc(F)c(CCCCCCCCCCCCCC=O)c2)cc1. The van der Waals surface area contributed by atoms with Crippen LogP contribution in [0, 0.1) is 5.82 Å². The summed E-state index contributed by atoms with van der Waals surface area (Å²) in [4.78, 5) is 10.3. The third-order valence-corrected chi connectivity index (χ3v) is 5.96. The molecule has 0 aliphatic heterocycles. The standard InChI is InChI=1S/C28H40FNO/c1-2-24-16-18-26(19-17-24)30-27-20-21-28(29)25(23-27)15-13-11-9-7-5-3-4-6-8-10-12-14-22-31/h16-23,30H,2-15H2,1H3. The van der Waals surface area contributed by atoms with Crippen LogP contribution >= 0.6 is 0 Å². The Hall–Kier alpha value is -2.16. The number of hydrogen-bond donors (Lipinski definition) is 1. The minimum Gasteiger partial charge on any atom is -0.356 e. The van der Waals surface area contributed by atoms with Crippen molar-refractivity contribution >= 4 is 17.7 Å². The van der Waals surface area contributed by atoms with Crippen LogP contribution in [0.25, 0.3) is 0 Å². The van der Waals surface area contributed by atoms with E-state index < -0.39 is 0 Å². The molecule has 2 aromatic carbocycles. The average Bonchev–Trinajstić information content (AvgIpc) is 2.79. The molecule has 170 valence electrons. The zero-order valence-electron chi connectivity index (χ0n) is 19.3. The van der Waals surface area contributed by atoms with Crippen LogP contribution in [-0.2, 0) is 17.6 Å². The lowest BCUT2D eigenvalue weighted by Gasteiger charge is -2.10. The normalized spacial score (nSPS) is 10.9. The molecule has 0 aliphatic rings. The Bertz CT molecular complexity index is 741. The van der Waals surface area contributed by atoms with Crippen LogP contribution in [0.5, 0.6) is 0 Å². The molecule has 3 heteroatoms. The van der Waals surface area contributed by atoms with Gasteiger partial charge in [0.05, 0.1) is 0 Å². The summed E-state index contributed by atoms with van der Waals surface area (Å²) in [5.41, 5.74) is 4.11. The van der Waals surface area contributed by atoms with Crippen molar-refractivity contribution in [2.24, 2.45) is 0 Å². The molecule has 31 heavy (non-hydrogen) atoms. The second-order valence-electron chi connectivity index (χ2n) is 8.58. The van der Waals surface area contributed by atoms with Gasteiger partial charge in [-0.15, -0.1) is 0 Å². The Morgan fingerprint density at radius 1 is 0.742 bits per heavy atom. The summed E-state index contributed by atoms with van der Waals surface area (Å²) < 4.78 is 14.2. The third-order valence-electron chi connectivity index (χ3n) is 5.96. The number of aryl methyl sites for hydroxylation is 2. The number of aldehydes is 1. The lowest BCUT2D eigenvalue weighted by molar-refractivity contribution is -0.107. The average molecular weight is 426 g/mol. The number of hydrogen-bond acceptors (Lipinski definition) is 2. The van der Waals surface area contributed by atoms with Crippen LogP contribution < -0.4 is 5.32 Å². The van der Waals surface area contributed by atoms with E-state index in [0.717, 1.165) is 55.3 Å². The molecule has 0 spiro atoms. The molecule has 0 aromatic heterocycles. The molecule has 0 heterocycles. The van der Waals surface area contributed by atoms with E-state index in [1.807, 2.05) is 12.1 Å². The number of anilines is 2. The number of halogens is 1. The summed E-state index contributed by atoms with van der Waals surface area (Å²) in [6.45, 7) is 2.15. The van der Waals surface area contributed by atoms with Crippen molar-refractivity contribution in [1.29, 1.82) is 0 Å². The minimum absolute atomic E-state index is 0.0972. The van der Waals surface area contributed by atoms with Gasteiger partial charge in [0, 0.05) is 17.8 Å². The number of nitrogens with one attached hydrogen (secondary N) is 1. The van der Waals surface area contributed by atoms with Gasteiger partial charge in [-0.2, -0.15) is 0 Å². The molecule has 0 saturated heterocycles. The second kappa shape index (κ2) is 15.6. The van der Waals surface area contributed by atoms with E-state index in [4.69, 9.17) is 0 Å². The largest absolute Gasteiger partial charge is 0.356 e. The highest BCUT2D eigenvalue weighted by Gasteiger charge is 2.05. The van der Waals surface area contributed by atoms with E-state index in [2.05, 4.69) is 36.5 Å². The van der Waals surface area contributed by atoms with Gasteiger partial charge < -0.3 is 10.1 Å². The Morgan fingerprint density at radius 3 is 1.87 bits per heavy atom. The van der Waals surface area contributed by atoms with Crippen LogP contribution in [0.1, 0.15) is 95.1 Å². The zero-order chi connectivity index (χ0) is 22.2. The van der Waals surface area contributed by atoms with Gasteiger partial charge in [0.15, 0.2) is 0 Å². The van der Waals surface area contributed by atoms with Crippen molar-refractivity contribution < 1.29 is 9.18 Å². The van der Waals surface area contributed by atoms with Crippen molar-refractivity contribution in [3.63, 3.8) is 0 Å². The highest BCUT2D eigenvalue weighted by molar-refractivity contribution is 5.60. The number of carbonyl (C=O) groups excluding carboxylic acids is 1. The molecule has 0 unspecified atom stereocenters. The van der Waals surface area contributed by atoms with Crippen molar-refractivity contribution in [1.82, 2.24) is 0 Å². The van der Waals surface area contributed by atoms with Gasteiger partial charge in [-0.05, 0) is 67.1 Å². The minimum atomic E-state index is -0.0972. The Balaban J connectivity index is 1.58. The fourth-order valence-electron chi connectivity index (χ4n) is 3.97. The van der Waals surface area contributed by atoms with Gasteiger partial charge in [0.1, 0.15) is 12.1 Å². The molecule has 2 rings (SSSR count). The number of carbonyl (C=O) groups is 1. The molecular formula is C28H40FNO. The quantitative estimate of drug-likeness (QED) is 0.203. The monoisotopic (exact) mass is 425 g/mol. The van der Waals surface area contributed by atoms with Crippen molar-refractivity contribution in [2.45, 2.75) is 96.8 Å². The summed E-state index contributed by atoms with van der Waals surface area (Å²) in [6, 6.07) is 13.8. The van der Waals surface area contributed by atoms with E-state index in [1.165, 1.54) is 63.4 Å². The summed E-state index contributed by atoms with van der Waals surface area (Å²) in [5, 5.41) is 3.39.